The number of fused-ring (bicyclic) bond motifs is 1. The summed E-state index contributed by atoms with van der Waals surface area (Å²) in [4.78, 5) is 17.3. The van der Waals surface area contributed by atoms with Crippen LogP contribution < -0.4 is 10.2 Å². The molecule has 0 saturated heterocycles. The number of amides is 1. The highest BCUT2D eigenvalue weighted by molar-refractivity contribution is 6.06. The van der Waals surface area contributed by atoms with Crippen molar-refractivity contribution in [1.82, 2.24) is 10.4 Å². The summed E-state index contributed by atoms with van der Waals surface area (Å²) in [5, 5.41) is 4.93. The summed E-state index contributed by atoms with van der Waals surface area (Å²) in [7, 11) is 0. The average Bonchev–Trinajstić information content (AvgIpc) is 2.72. The van der Waals surface area contributed by atoms with Gasteiger partial charge in [-0.25, -0.2) is 5.43 Å². The Kier molecular flexibility index (Phi) is 6.73. The van der Waals surface area contributed by atoms with Gasteiger partial charge in [0.15, 0.2) is 0 Å². The lowest BCUT2D eigenvalue weighted by Gasteiger charge is -2.08. The molecule has 1 heterocycles. The third-order valence-electron chi connectivity index (χ3n) is 4.25. The summed E-state index contributed by atoms with van der Waals surface area (Å²) in [5.74, 6) is 0.588. The number of aromatic nitrogens is 1. The molecule has 3 rings (SSSR count). The predicted octanol–water partition coefficient (Wildman–Crippen LogP) is 4.74. The molecule has 144 valence electrons. The largest absolute Gasteiger partial charge is 0.494 e. The number of rotatable bonds is 8. The third kappa shape index (κ3) is 4.94. The number of carbonyl (C=O) groups excluding carboxylic acids is 1. The molecule has 0 aliphatic carbocycles. The Morgan fingerprint density at radius 2 is 1.89 bits per heavy atom. The first-order valence-corrected chi connectivity index (χ1v) is 9.66. The van der Waals surface area contributed by atoms with E-state index in [1.807, 2.05) is 54.6 Å². The summed E-state index contributed by atoms with van der Waals surface area (Å²) >= 11 is 0. The zero-order valence-corrected chi connectivity index (χ0v) is 16.3. The van der Waals surface area contributed by atoms with Crippen LogP contribution in [0.4, 0.5) is 0 Å². The first kappa shape index (κ1) is 19.5. The Balaban J connectivity index is 1.73. The highest BCUT2D eigenvalue weighted by Crippen LogP contribution is 2.19. The quantitative estimate of drug-likeness (QED) is 0.457. The molecule has 0 spiro atoms. The molecule has 2 aromatic carbocycles. The van der Waals surface area contributed by atoms with Gasteiger partial charge in [-0.05, 0) is 54.8 Å². The number of hydrogen-bond acceptors (Lipinski definition) is 4. The van der Waals surface area contributed by atoms with E-state index in [0.29, 0.717) is 12.2 Å². The molecule has 0 radical (unpaired) electrons. The van der Waals surface area contributed by atoms with Crippen LogP contribution in [-0.4, -0.2) is 23.7 Å². The van der Waals surface area contributed by atoms with Crippen molar-refractivity contribution in [2.75, 3.05) is 6.61 Å². The average molecular weight is 375 g/mol. The maximum Gasteiger partial charge on any atom is 0.272 e. The number of nitrogens with one attached hydrogen (secondary N) is 1. The predicted molar refractivity (Wildman–Crippen MR) is 113 cm³/mol. The number of benzene rings is 2. The van der Waals surface area contributed by atoms with E-state index < -0.39 is 0 Å². The van der Waals surface area contributed by atoms with Crippen molar-refractivity contribution in [2.45, 2.75) is 33.1 Å². The zero-order valence-electron chi connectivity index (χ0n) is 16.3. The Bertz CT molecular complexity index is 965. The highest BCUT2D eigenvalue weighted by Gasteiger charge is 2.12. The summed E-state index contributed by atoms with van der Waals surface area (Å²) in [6.07, 6.45) is 4.40. The first-order valence-electron chi connectivity index (χ1n) is 9.66. The molecular formula is C23H25N3O2. The van der Waals surface area contributed by atoms with E-state index in [4.69, 9.17) is 4.74 Å². The van der Waals surface area contributed by atoms with Crippen LogP contribution in [0, 0.1) is 0 Å². The van der Waals surface area contributed by atoms with E-state index in [0.717, 1.165) is 47.2 Å². The monoisotopic (exact) mass is 375 g/mol. The maximum atomic E-state index is 12.7. The summed E-state index contributed by atoms with van der Waals surface area (Å²) in [6, 6.07) is 17.1. The number of ether oxygens (including phenoxy) is 1. The number of hydrogen-bond donors (Lipinski definition) is 1. The van der Waals surface area contributed by atoms with Gasteiger partial charge in [-0.1, -0.05) is 38.5 Å². The van der Waals surface area contributed by atoms with Crippen LogP contribution in [0.1, 0.15) is 48.3 Å². The fourth-order valence-corrected chi connectivity index (χ4v) is 2.90. The molecule has 0 aliphatic heterocycles. The Labute approximate surface area is 165 Å². The minimum Gasteiger partial charge on any atom is -0.494 e. The smallest absolute Gasteiger partial charge is 0.272 e. The molecule has 0 unspecified atom stereocenters. The van der Waals surface area contributed by atoms with Crippen LogP contribution in [0.15, 0.2) is 59.7 Å². The number of aryl methyl sites for hydroxylation is 1. The second-order valence-corrected chi connectivity index (χ2v) is 6.54. The van der Waals surface area contributed by atoms with Crippen LogP contribution in [0.25, 0.3) is 10.9 Å². The van der Waals surface area contributed by atoms with Crippen molar-refractivity contribution in [3.05, 3.63) is 71.4 Å². The van der Waals surface area contributed by atoms with Crippen molar-refractivity contribution >= 4 is 23.0 Å². The SMILES string of the molecule is CCCOc1ccc(/C=N/NC(=O)c2cc(CCC)nc3ccccc23)cc1. The number of nitrogens with zero attached hydrogens (tertiary/aromatic N) is 2. The van der Waals surface area contributed by atoms with Crippen LogP contribution in [0.2, 0.25) is 0 Å². The lowest BCUT2D eigenvalue weighted by Crippen LogP contribution is -2.18. The summed E-state index contributed by atoms with van der Waals surface area (Å²) in [5.41, 5.74) is 5.85. The molecule has 0 atom stereocenters. The summed E-state index contributed by atoms with van der Waals surface area (Å²) < 4.78 is 5.56. The normalized spacial score (nSPS) is 11.1. The van der Waals surface area contributed by atoms with Crippen molar-refractivity contribution in [1.29, 1.82) is 0 Å². The zero-order chi connectivity index (χ0) is 19.8. The summed E-state index contributed by atoms with van der Waals surface area (Å²) in [6.45, 7) is 4.86. The van der Waals surface area contributed by atoms with Gasteiger partial charge in [0.1, 0.15) is 5.75 Å². The molecule has 1 aromatic heterocycles. The molecule has 0 fully saturated rings. The first-order chi connectivity index (χ1) is 13.7. The standard InChI is InChI=1S/C23H25N3O2/c1-3-7-18-15-21(20-8-5-6-9-22(20)25-18)23(27)26-24-16-17-10-12-19(13-11-17)28-14-4-2/h5-6,8-13,15-16H,3-4,7,14H2,1-2H3,(H,26,27)/b24-16+. The third-order valence-corrected chi connectivity index (χ3v) is 4.25. The van der Waals surface area contributed by atoms with E-state index in [-0.39, 0.29) is 5.91 Å². The van der Waals surface area contributed by atoms with Gasteiger partial charge < -0.3 is 4.74 Å². The van der Waals surface area contributed by atoms with Crippen LogP contribution in [-0.2, 0) is 6.42 Å². The fourth-order valence-electron chi connectivity index (χ4n) is 2.90. The number of para-hydroxylation sites is 1. The lowest BCUT2D eigenvalue weighted by molar-refractivity contribution is 0.0956. The van der Waals surface area contributed by atoms with Gasteiger partial charge in [0.25, 0.3) is 5.91 Å². The van der Waals surface area contributed by atoms with Gasteiger partial charge in [0, 0.05) is 11.1 Å². The lowest BCUT2D eigenvalue weighted by atomic mass is 10.1. The maximum absolute atomic E-state index is 12.7. The van der Waals surface area contributed by atoms with Crippen LogP contribution in [0.5, 0.6) is 5.75 Å². The Morgan fingerprint density at radius 3 is 2.64 bits per heavy atom. The molecule has 3 aromatic rings. The van der Waals surface area contributed by atoms with E-state index in [9.17, 15) is 4.79 Å². The van der Waals surface area contributed by atoms with Gasteiger partial charge >= 0.3 is 0 Å². The van der Waals surface area contributed by atoms with Crippen LogP contribution in [0.3, 0.4) is 0 Å². The highest BCUT2D eigenvalue weighted by atomic mass is 16.5. The van der Waals surface area contributed by atoms with Gasteiger partial charge in [0.05, 0.1) is 23.9 Å². The van der Waals surface area contributed by atoms with Crippen molar-refractivity contribution in [2.24, 2.45) is 5.10 Å². The molecule has 5 nitrogen and oxygen atoms in total. The van der Waals surface area contributed by atoms with Gasteiger partial charge in [-0.3, -0.25) is 9.78 Å². The van der Waals surface area contributed by atoms with E-state index in [2.05, 4.69) is 29.4 Å². The van der Waals surface area contributed by atoms with Gasteiger partial charge in [-0.15, -0.1) is 0 Å². The molecular weight excluding hydrogens is 350 g/mol. The fraction of sp³-hybridized carbons (Fsp3) is 0.261. The van der Waals surface area contributed by atoms with E-state index in [1.54, 1.807) is 6.21 Å². The van der Waals surface area contributed by atoms with E-state index in [1.165, 1.54) is 0 Å². The number of hydrazone groups is 1. The Morgan fingerprint density at radius 1 is 1.11 bits per heavy atom. The van der Waals surface area contributed by atoms with E-state index >= 15 is 0 Å². The second-order valence-electron chi connectivity index (χ2n) is 6.54. The molecule has 0 aliphatic rings. The molecule has 5 heteroatoms. The molecule has 1 amide bonds. The molecule has 28 heavy (non-hydrogen) atoms. The minimum absolute atomic E-state index is 0.241. The Hall–Kier alpha value is -3.21. The van der Waals surface area contributed by atoms with Crippen molar-refractivity contribution < 1.29 is 9.53 Å². The molecule has 0 bridgehead atoms. The minimum atomic E-state index is -0.241. The molecule has 0 saturated carbocycles. The van der Waals surface area contributed by atoms with Crippen molar-refractivity contribution in [3.63, 3.8) is 0 Å². The number of carbonyl (C=O) groups is 1. The van der Waals surface area contributed by atoms with Gasteiger partial charge in [0.2, 0.25) is 0 Å². The van der Waals surface area contributed by atoms with Gasteiger partial charge in [-0.2, -0.15) is 5.10 Å². The van der Waals surface area contributed by atoms with Crippen LogP contribution >= 0.6 is 0 Å². The van der Waals surface area contributed by atoms with Crippen molar-refractivity contribution in [3.8, 4) is 5.75 Å². The number of pyridine rings is 1. The molecule has 1 N–H and O–H groups in total. The second kappa shape index (κ2) is 9.65. The topological polar surface area (TPSA) is 63.6 Å².